The van der Waals surface area contributed by atoms with Crippen LogP contribution in [0.2, 0.25) is 0 Å². The van der Waals surface area contributed by atoms with Crippen LogP contribution in [0.1, 0.15) is 50.8 Å². The molecule has 0 aliphatic heterocycles. The molecule has 0 saturated carbocycles. The largest absolute Gasteiger partial charge is 0.383 e. The summed E-state index contributed by atoms with van der Waals surface area (Å²) in [7, 11) is 0. The van der Waals surface area contributed by atoms with Gasteiger partial charge in [0.2, 0.25) is 11.8 Å². The van der Waals surface area contributed by atoms with Gasteiger partial charge in [0.05, 0.1) is 10.3 Å². The summed E-state index contributed by atoms with van der Waals surface area (Å²) in [6.45, 7) is 4.70. The standard InChI is InChI=1S/C21H28BrN3O3S/c1-15(2)23-16-8-10-17(11-9-16)25(14-18-12-13-19(22)29-18)21(27)7-5-3-4-6-20(26)24-28/h8-13,15,23,28H,3-7,14H2,1-2H3,(H,24,26). The maximum absolute atomic E-state index is 13.0. The summed E-state index contributed by atoms with van der Waals surface area (Å²) < 4.78 is 1.04. The number of carbonyl (C=O) groups excluding carboxylic acids is 2. The smallest absolute Gasteiger partial charge is 0.243 e. The van der Waals surface area contributed by atoms with Crippen LogP contribution in [0.4, 0.5) is 11.4 Å². The van der Waals surface area contributed by atoms with E-state index in [1.165, 1.54) is 0 Å². The molecule has 0 bridgehead atoms. The average molecular weight is 482 g/mol. The molecule has 0 radical (unpaired) electrons. The van der Waals surface area contributed by atoms with Gasteiger partial charge in [-0.05, 0) is 79.0 Å². The van der Waals surface area contributed by atoms with Crippen LogP contribution in [0, 0.1) is 0 Å². The lowest BCUT2D eigenvalue weighted by Gasteiger charge is -2.23. The van der Waals surface area contributed by atoms with E-state index in [0.29, 0.717) is 31.8 Å². The molecule has 1 aromatic carbocycles. The van der Waals surface area contributed by atoms with Crippen molar-refractivity contribution in [1.82, 2.24) is 5.48 Å². The van der Waals surface area contributed by atoms with Crippen LogP contribution in [-0.4, -0.2) is 23.1 Å². The zero-order chi connectivity index (χ0) is 21.2. The van der Waals surface area contributed by atoms with Crippen molar-refractivity contribution in [2.24, 2.45) is 0 Å². The Hall–Kier alpha value is -1.90. The van der Waals surface area contributed by atoms with Gasteiger partial charge in [0.1, 0.15) is 0 Å². The zero-order valence-corrected chi connectivity index (χ0v) is 19.2. The van der Waals surface area contributed by atoms with Crippen molar-refractivity contribution in [2.45, 2.75) is 58.5 Å². The number of nitrogens with zero attached hydrogens (tertiary/aromatic N) is 1. The number of hydrogen-bond acceptors (Lipinski definition) is 5. The number of thiophene rings is 1. The van der Waals surface area contributed by atoms with E-state index in [4.69, 9.17) is 5.21 Å². The summed E-state index contributed by atoms with van der Waals surface area (Å²) in [6, 6.07) is 12.3. The fourth-order valence-corrected chi connectivity index (χ4v) is 4.39. The van der Waals surface area contributed by atoms with Crippen LogP contribution >= 0.6 is 27.3 Å². The Bertz CT molecular complexity index is 793. The number of anilines is 2. The van der Waals surface area contributed by atoms with Gasteiger partial charge < -0.3 is 10.2 Å². The number of carbonyl (C=O) groups is 2. The number of halogens is 1. The lowest BCUT2D eigenvalue weighted by Crippen LogP contribution is -2.29. The summed E-state index contributed by atoms with van der Waals surface area (Å²) >= 11 is 5.10. The van der Waals surface area contributed by atoms with Crippen molar-refractivity contribution in [3.63, 3.8) is 0 Å². The van der Waals surface area contributed by atoms with Gasteiger partial charge in [-0.15, -0.1) is 11.3 Å². The maximum Gasteiger partial charge on any atom is 0.243 e. The molecule has 2 aromatic rings. The zero-order valence-electron chi connectivity index (χ0n) is 16.8. The normalized spacial score (nSPS) is 10.8. The third-order valence-electron chi connectivity index (χ3n) is 4.30. The first-order chi connectivity index (χ1) is 13.9. The second kappa shape index (κ2) is 11.9. The molecule has 0 spiro atoms. The highest BCUT2D eigenvalue weighted by Crippen LogP contribution is 2.27. The molecule has 0 aliphatic rings. The SMILES string of the molecule is CC(C)Nc1ccc(N(Cc2ccc(Br)s2)C(=O)CCCCCC(=O)NO)cc1. The predicted octanol–water partition coefficient (Wildman–Crippen LogP) is 5.32. The Kier molecular flexibility index (Phi) is 9.63. The van der Waals surface area contributed by atoms with Crippen molar-refractivity contribution in [2.75, 3.05) is 10.2 Å². The molecule has 2 rings (SSSR count). The van der Waals surface area contributed by atoms with Crippen molar-refractivity contribution in [3.05, 3.63) is 45.1 Å². The fraction of sp³-hybridized carbons (Fsp3) is 0.429. The molecule has 0 atom stereocenters. The molecule has 0 aliphatic carbocycles. The molecule has 0 saturated heterocycles. The number of nitrogens with one attached hydrogen (secondary N) is 2. The average Bonchev–Trinajstić information content (AvgIpc) is 3.10. The molecule has 3 N–H and O–H groups in total. The van der Waals surface area contributed by atoms with E-state index in [1.54, 1.807) is 16.8 Å². The highest BCUT2D eigenvalue weighted by molar-refractivity contribution is 9.11. The maximum atomic E-state index is 13.0. The summed E-state index contributed by atoms with van der Waals surface area (Å²) in [5, 5.41) is 11.9. The van der Waals surface area contributed by atoms with E-state index in [9.17, 15) is 9.59 Å². The lowest BCUT2D eigenvalue weighted by molar-refractivity contribution is -0.129. The van der Waals surface area contributed by atoms with E-state index >= 15 is 0 Å². The fourth-order valence-electron chi connectivity index (χ4n) is 2.92. The van der Waals surface area contributed by atoms with Gasteiger partial charge >= 0.3 is 0 Å². The number of hydrogen-bond donors (Lipinski definition) is 3. The van der Waals surface area contributed by atoms with Crippen molar-refractivity contribution < 1.29 is 14.8 Å². The summed E-state index contributed by atoms with van der Waals surface area (Å²) in [5.41, 5.74) is 3.52. The van der Waals surface area contributed by atoms with Gasteiger partial charge in [0.25, 0.3) is 0 Å². The monoisotopic (exact) mass is 481 g/mol. The molecule has 8 heteroatoms. The van der Waals surface area contributed by atoms with Crippen molar-refractivity contribution in [1.29, 1.82) is 0 Å². The molecule has 158 valence electrons. The quantitative estimate of drug-likeness (QED) is 0.230. The van der Waals surface area contributed by atoms with Crippen LogP contribution in [0.15, 0.2) is 40.2 Å². The first-order valence-electron chi connectivity index (χ1n) is 9.73. The number of rotatable bonds is 11. The highest BCUT2D eigenvalue weighted by Gasteiger charge is 2.17. The van der Waals surface area contributed by atoms with Gasteiger partial charge in [-0.1, -0.05) is 6.42 Å². The number of unbranched alkanes of at least 4 members (excludes halogenated alkanes) is 2. The minimum Gasteiger partial charge on any atom is -0.383 e. The molecule has 1 aromatic heterocycles. The van der Waals surface area contributed by atoms with Gasteiger partial charge in [-0.2, -0.15) is 0 Å². The van der Waals surface area contributed by atoms with Crippen molar-refractivity contribution >= 4 is 50.5 Å². The van der Waals surface area contributed by atoms with E-state index in [-0.39, 0.29) is 12.3 Å². The second-order valence-electron chi connectivity index (χ2n) is 7.13. The predicted molar refractivity (Wildman–Crippen MR) is 121 cm³/mol. The molecule has 0 fully saturated rings. The van der Waals surface area contributed by atoms with Crippen LogP contribution < -0.4 is 15.7 Å². The Labute approximate surface area is 184 Å². The van der Waals surface area contributed by atoms with Gasteiger partial charge in [-0.25, -0.2) is 5.48 Å². The molecule has 0 unspecified atom stereocenters. The van der Waals surface area contributed by atoms with Gasteiger partial charge in [-0.3, -0.25) is 14.8 Å². The van der Waals surface area contributed by atoms with E-state index in [0.717, 1.165) is 26.5 Å². The molecule has 6 nitrogen and oxygen atoms in total. The Morgan fingerprint density at radius 1 is 1.07 bits per heavy atom. The highest BCUT2D eigenvalue weighted by atomic mass is 79.9. The minimum atomic E-state index is -0.392. The molecular weight excluding hydrogens is 454 g/mol. The topological polar surface area (TPSA) is 81.7 Å². The van der Waals surface area contributed by atoms with Crippen LogP contribution in [0.25, 0.3) is 0 Å². The van der Waals surface area contributed by atoms with E-state index in [1.807, 2.05) is 41.3 Å². The van der Waals surface area contributed by atoms with Gasteiger partial charge in [0.15, 0.2) is 0 Å². The van der Waals surface area contributed by atoms with E-state index < -0.39 is 5.91 Å². The second-order valence-corrected chi connectivity index (χ2v) is 9.67. The van der Waals surface area contributed by atoms with Crippen LogP contribution in [0.5, 0.6) is 0 Å². The summed E-state index contributed by atoms with van der Waals surface area (Å²) in [4.78, 5) is 26.9. The van der Waals surface area contributed by atoms with Crippen LogP contribution in [0.3, 0.4) is 0 Å². The lowest BCUT2D eigenvalue weighted by atomic mass is 10.1. The molecular formula is C21H28BrN3O3S. The van der Waals surface area contributed by atoms with E-state index in [2.05, 4.69) is 35.1 Å². The Morgan fingerprint density at radius 2 is 1.76 bits per heavy atom. The molecule has 29 heavy (non-hydrogen) atoms. The number of amides is 2. The first-order valence-corrected chi connectivity index (χ1v) is 11.3. The van der Waals surface area contributed by atoms with Crippen molar-refractivity contribution in [3.8, 4) is 0 Å². The summed E-state index contributed by atoms with van der Waals surface area (Å²) in [6.07, 6.45) is 2.79. The third-order valence-corrected chi connectivity index (χ3v) is 5.91. The van der Waals surface area contributed by atoms with Crippen LogP contribution in [-0.2, 0) is 16.1 Å². The Morgan fingerprint density at radius 3 is 2.34 bits per heavy atom. The molecule has 1 heterocycles. The number of hydroxylamine groups is 1. The first kappa shape index (κ1) is 23.4. The third kappa shape index (κ3) is 8.16. The molecule has 2 amide bonds. The minimum absolute atomic E-state index is 0.0608. The Balaban J connectivity index is 2.02. The summed E-state index contributed by atoms with van der Waals surface area (Å²) in [5.74, 6) is -0.331. The number of benzene rings is 1. The van der Waals surface area contributed by atoms with Gasteiger partial charge in [0, 0.05) is 35.1 Å².